The van der Waals surface area contributed by atoms with Crippen LogP contribution in [0.25, 0.3) is 0 Å². The van der Waals surface area contributed by atoms with Gasteiger partial charge in [-0.3, -0.25) is 9.78 Å². The Morgan fingerprint density at radius 1 is 0.900 bits per heavy atom. The molecule has 8 nitrogen and oxygen atoms in total. The Hall–Kier alpha value is -2.00. The molecule has 110 valence electrons. The van der Waals surface area contributed by atoms with Crippen LogP contribution in [-0.4, -0.2) is 48.6 Å². The highest BCUT2D eigenvalue weighted by molar-refractivity contribution is 5.94. The number of carbonyl (C=O) groups is 2. The maximum Gasteiger partial charge on any atom is 0.373 e. The average molecular weight is 286 g/mol. The summed E-state index contributed by atoms with van der Waals surface area (Å²) in [6, 6.07) is 5.51. The Labute approximate surface area is 114 Å². The van der Waals surface area contributed by atoms with E-state index in [2.05, 4.69) is 19.6 Å². The third-order valence-corrected chi connectivity index (χ3v) is 1.95. The Kier molecular flexibility index (Phi) is 7.22. The zero-order valence-corrected chi connectivity index (χ0v) is 10.5. The molecule has 2 N–H and O–H groups in total. The average Bonchev–Trinajstić information content (AvgIpc) is 2.47. The number of hydrogen-bond acceptors (Lipinski definition) is 8. The van der Waals surface area contributed by atoms with Crippen molar-refractivity contribution in [1.29, 1.82) is 0 Å². The minimum Gasteiger partial charge on any atom is -0.394 e. The van der Waals surface area contributed by atoms with E-state index in [0.717, 1.165) is 0 Å². The van der Waals surface area contributed by atoms with Crippen molar-refractivity contribution in [2.75, 3.05) is 26.4 Å². The van der Waals surface area contributed by atoms with Crippen molar-refractivity contribution < 1.29 is 39.4 Å². The van der Waals surface area contributed by atoms with Crippen LogP contribution in [0.1, 0.15) is 20.7 Å². The van der Waals surface area contributed by atoms with Crippen LogP contribution in [0.3, 0.4) is 0 Å². The molecule has 0 amide bonds. The SMILES string of the molecule is O=C(OOCCO)c1cccc(C(=O)OOCCO)c1. The fraction of sp³-hybridized carbons (Fsp3) is 0.333. The summed E-state index contributed by atoms with van der Waals surface area (Å²) in [5.41, 5.74) is 0.138. The van der Waals surface area contributed by atoms with Gasteiger partial charge in [-0.1, -0.05) is 6.07 Å². The molecule has 0 aliphatic carbocycles. The molecule has 20 heavy (non-hydrogen) atoms. The lowest BCUT2D eigenvalue weighted by molar-refractivity contribution is -0.245. The van der Waals surface area contributed by atoms with Crippen LogP contribution in [0.5, 0.6) is 0 Å². The Morgan fingerprint density at radius 2 is 1.35 bits per heavy atom. The standard InChI is InChI=1S/C12H14O8/c13-4-6-17-19-11(15)9-2-1-3-10(8-9)12(16)20-18-7-5-14/h1-3,8,13-14H,4-7H2. The van der Waals surface area contributed by atoms with E-state index in [1.165, 1.54) is 24.3 Å². The first-order valence-corrected chi connectivity index (χ1v) is 5.68. The van der Waals surface area contributed by atoms with Gasteiger partial charge in [-0.25, -0.2) is 9.59 Å². The van der Waals surface area contributed by atoms with Crippen LogP contribution < -0.4 is 0 Å². The molecule has 1 rings (SSSR count). The van der Waals surface area contributed by atoms with E-state index in [4.69, 9.17) is 10.2 Å². The fourth-order valence-corrected chi connectivity index (χ4v) is 1.13. The molecule has 0 fully saturated rings. The zero-order valence-electron chi connectivity index (χ0n) is 10.5. The van der Waals surface area contributed by atoms with Crippen molar-refractivity contribution in [3.63, 3.8) is 0 Å². The van der Waals surface area contributed by atoms with Crippen LogP contribution in [0, 0.1) is 0 Å². The molecule has 0 aromatic heterocycles. The molecule has 0 atom stereocenters. The first-order chi connectivity index (χ1) is 9.69. The van der Waals surface area contributed by atoms with Crippen molar-refractivity contribution in [3.05, 3.63) is 35.4 Å². The van der Waals surface area contributed by atoms with Crippen LogP contribution in [0.2, 0.25) is 0 Å². The van der Waals surface area contributed by atoms with E-state index < -0.39 is 11.9 Å². The van der Waals surface area contributed by atoms with Crippen molar-refractivity contribution in [3.8, 4) is 0 Å². The number of carbonyl (C=O) groups excluding carboxylic acids is 2. The lowest BCUT2D eigenvalue weighted by Gasteiger charge is -2.05. The molecule has 8 heteroatoms. The molecule has 1 aromatic carbocycles. The summed E-state index contributed by atoms with van der Waals surface area (Å²) in [7, 11) is 0. The van der Waals surface area contributed by atoms with Gasteiger partial charge in [0.25, 0.3) is 0 Å². The number of aliphatic hydroxyl groups excluding tert-OH is 2. The van der Waals surface area contributed by atoms with E-state index in [9.17, 15) is 9.59 Å². The Morgan fingerprint density at radius 3 is 1.75 bits per heavy atom. The van der Waals surface area contributed by atoms with Crippen molar-refractivity contribution >= 4 is 11.9 Å². The number of hydrogen-bond donors (Lipinski definition) is 2. The van der Waals surface area contributed by atoms with Crippen LogP contribution in [-0.2, 0) is 19.6 Å². The first-order valence-electron chi connectivity index (χ1n) is 5.68. The van der Waals surface area contributed by atoms with Crippen LogP contribution in [0.15, 0.2) is 24.3 Å². The predicted molar refractivity (Wildman–Crippen MR) is 63.3 cm³/mol. The van der Waals surface area contributed by atoms with Gasteiger partial charge in [-0.15, -0.1) is 0 Å². The number of aliphatic hydroxyl groups is 2. The van der Waals surface area contributed by atoms with E-state index in [1.54, 1.807) is 0 Å². The topological polar surface area (TPSA) is 112 Å². The molecule has 0 spiro atoms. The Balaban J connectivity index is 2.60. The predicted octanol–water partition coefficient (Wildman–Crippen LogP) is -0.152. The van der Waals surface area contributed by atoms with Crippen LogP contribution >= 0.6 is 0 Å². The molecule has 0 saturated heterocycles. The van der Waals surface area contributed by atoms with Gasteiger partial charge in [0.15, 0.2) is 0 Å². The fourth-order valence-electron chi connectivity index (χ4n) is 1.13. The monoisotopic (exact) mass is 286 g/mol. The highest BCUT2D eigenvalue weighted by Gasteiger charge is 2.14. The van der Waals surface area contributed by atoms with Gasteiger partial charge in [0.1, 0.15) is 13.2 Å². The minimum absolute atomic E-state index is 0.0690. The summed E-state index contributed by atoms with van der Waals surface area (Å²) in [5.74, 6) is -1.63. The lowest BCUT2D eigenvalue weighted by Crippen LogP contribution is -2.11. The van der Waals surface area contributed by atoms with Gasteiger partial charge in [-0.2, -0.15) is 9.78 Å². The second-order valence-corrected chi connectivity index (χ2v) is 3.41. The third kappa shape index (κ3) is 5.33. The normalized spacial score (nSPS) is 10.1. The van der Waals surface area contributed by atoms with Gasteiger partial charge in [0, 0.05) is 0 Å². The maximum absolute atomic E-state index is 11.5. The second kappa shape index (κ2) is 8.99. The quantitative estimate of drug-likeness (QED) is 0.385. The highest BCUT2D eigenvalue weighted by atomic mass is 17.2. The second-order valence-electron chi connectivity index (χ2n) is 3.41. The van der Waals surface area contributed by atoms with Crippen LogP contribution in [0.4, 0.5) is 0 Å². The molecule has 0 aliphatic rings. The molecular weight excluding hydrogens is 272 g/mol. The van der Waals surface area contributed by atoms with E-state index in [1.807, 2.05) is 0 Å². The van der Waals surface area contributed by atoms with Crippen molar-refractivity contribution in [2.45, 2.75) is 0 Å². The van der Waals surface area contributed by atoms with Gasteiger partial charge in [0.05, 0.1) is 24.3 Å². The molecule has 0 aliphatic heterocycles. The highest BCUT2D eigenvalue weighted by Crippen LogP contribution is 2.09. The smallest absolute Gasteiger partial charge is 0.373 e. The number of benzene rings is 1. The van der Waals surface area contributed by atoms with E-state index in [-0.39, 0.29) is 37.6 Å². The van der Waals surface area contributed by atoms with E-state index >= 15 is 0 Å². The van der Waals surface area contributed by atoms with Crippen molar-refractivity contribution in [1.82, 2.24) is 0 Å². The summed E-state index contributed by atoms with van der Waals surface area (Å²) in [6.45, 7) is -0.880. The Bertz CT molecular complexity index is 408. The molecule has 0 heterocycles. The summed E-state index contributed by atoms with van der Waals surface area (Å²) < 4.78 is 0. The van der Waals surface area contributed by atoms with Gasteiger partial charge in [0.2, 0.25) is 0 Å². The zero-order chi connectivity index (χ0) is 14.8. The van der Waals surface area contributed by atoms with Gasteiger partial charge < -0.3 is 10.2 Å². The molecular formula is C12H14O8. The maximum atomic E-state index is 11.5. The number of rotatable bonds is 8. The summed E-state index contributed by atoms with van der Waals surface area (Å²) >= 11 is 0. The first kappa shape index (κ1) is 16.1. The molecule has 0 saturated carbocycles. The van der Waals surface area contributed by atoms with Gasteiger partial charge in [-0.05, 0) is 18.2 Å². The molecule has 1 aromatic rings. The largest absolute Gasteiger partial charge is 0.394 e. The summed E-state index contributed by atoms with van der Waals surface area (Å²) in [6.07, 6.45) is 0. The van der Waals surface area contributed by atoms with Crippen molar-refractivity contribution in [2.24, 2.45) is 0 Å². The third-order valence-electron chi connectivity index (χ3n) is 1.95. The minimum atomic E-state index is -0.815. The molecule has 0 unspecified atom stereocenters. The summed E-state index contributed by atoms with van der Waals surface area (Å²) in [5, 5.41) is 16.9. The molecule has 0 bridgehead atoms. The molecule has 0 radical (unpaired) electrons. The lowest BCUT2D eigenvalue weighted by atomic mass is 10.1. The van der Waals surface area contributed by atoms with E-state index in [0.29, 0.717) is 0 Å². The van der Waals surface area contributed by atoms with Gasteiger partial charge >= 0.3 is 11.9 Å². The summed E-state index contributed by atoms with van der Waals surface area (Å²) in [4.78, 5) is 40.6.